The van der Waals surface area contributed by atoms with Gasteiger partial charge in [0.1, 0.15) is 24.2 Å². The molecule has 2 rings (SSSR count). The second kappa shape index (κ2) is 4.09. The van der Waals surface area contributed by atoms with Crippen LogP contribution in [0.25, 0.3) is 5.69 Å². The summed E-state index contributed by atoms with van der Waals surface area (Å²) in [4.78, 5) is 14.1. The monoisotopic (exact) mass is 221 g/mol. The lowest BCUT2D eigenvalue weighted by atomic mass is 10.1. The Morgan fingerprint density at radius 3 is 2.88 bits per heavy atom. The maximum atomic E-state index is 13.6. The molecule has 0 aliphatic rings. The van der Waals surface area contributed by atoms with E-state index in [9.17, 15) is 9.18 Å². The first-order valence-electron chi connectivity index (χ1n) is 4.52. The Morgan fingerprint density at radius 1 is 1.50 bits per heavy atom. The van der Waals surface area contributed by atoms with E-state index in [2.05, 4.69) is 10.1 Å². The third-order valence-electron chi connectivity index (χ3n) is 2.03. The van der Waals surface area contributed by atoms with Crippen molar-refractivity contribution in [2.75, 3.05) is 0 Å². The summed E-state index contributed by atoms with van der Waals surface area (Å²) in [5.41, 5.74) is 0.653. The van der Waals surface area contributed by atoms with Gasteiger partial charge in [-0.15, -0.1) is 0 Å². The maximum Gasteiger partial charge on any atom is 0.307 e. The third kappa shape index (κ3) is 2.05. The summed E-state index contributed by atoms with van der Waals surface area (Å²) in [6.07, 6.45) is 2.47. The van der Waals surface area contributed by atoms with Crippen molar-refractivity contribution in [3.8, 4) is 5.69 Å². The number of aliphatic carboxylic acids is 1. The maximum absolute atomic E-state index is 13.6. The van der Waals surface area contributed by atoms with Gasteiger partial charge in [-0.1, -0.05) is 6.07 Å². The number of rotatable bonds is 3. The molecule has 0 radical (unpaired) electrons. The lowest BCUT2D eigenvalue weighted by Crippen LogP contribution is -2.03. The number of nitrogens with zero attached hydrogens (tertiary/aromatic N) is 3. The van der Waals surface area contributed by atoms with Crippen molar-refractivity contribution in [3.63, 3.8) is 0 Å². The molecule has 5 nitrogen and oxygen atoms in total. The van der Waals surface area contributed by atoms with Gasteiger partial charge >= 0.3 is 5.97 Å². The zero-order valence-corrected chi connectivity index (χ0v) is 8.17. The average molecular weight is 221 g/mol. The van der Waals surface area contributed by atoms with E-state index in [4.69, 9.17) is 5.11 Å². The fourth-order valence-corrected chi connectivity index (χ4v) is 1.35. The number of aromatic nitrogens is 3. The molecule has 0 saturated heterocycles. The number of benzene rings is 1. The van der Waals surface area contributed by atoms with Crippen molar-refractivity contribution >= 4 is 5.97 Å². The summed E-state index contributed by atoms with van der Waals surface area (Å²) in [6.45, 7) is 0. The Bertz CT molecular complexity index is 511. The molecular weight excluding hydrogens is 213 g/mol. The molecule has 1 N–H and O–H groups in total. The van der Waals surface area contributed by atoms with Crippen molar-refractivity contribution in [3.05, 3.63) is 42.2 Å². The topological polar surface area (TPSA) is 68.0 Å². The quantitative estimate of drug-likeness (QED) is 0.840. The summed E-state index contributed by atoms with van der Waals surface area (Å²) in [5.74, 6) is -1.52. The fraction of sp³-hybridized carbons (Fsp3) is 0.100. The standard InChI is InChI=1S/C10H8FN3O2/c11-8-3-7(4-10(15)16)1-2-9(8)14-6-12-5-13-14/h1-3,5-6H,4H2,(H,15,16). The predicted molar refractivity (Wildman–Crippen MR) is 52.7 cm³/mol. The van der Waals surface area contributed by atoms with Gasteiger partial charge in [-0.2, -0.15) is 5.10 Å². The Kier molecular flexibility index (Phi) is 2.63. The second-order valence-corrected chi connectivity index (χ2v) is 3.20. The first-order chi connectivity index (χ1) is 7.66. The Balaban J connectivity index is 2.34. The van der Waals surface area contributed by atoms with Gasteiger partial charge in [0.2, 0.25) is 0 Å². The molecule has 0 atom stereocenters. The van der Waals surface area contributed by atoms with Crippen molar-refractivity contribution in [2.24, 2.45) is 0 Å². The molecule has 6 heteroatoms. The molecule has 0 spiro atoms. The summed E-state index contributed by atoms with van der Waals surface area (Å²) in [6, 6.07) is 4.21. The first-order valence-corrected chi connectivity index (χ1v) is 4.52. The molecule has 0 saturated carbocycles. The Hall–Kier alpha value is -2.24. The van der Waals surface area contributed by atoms with Crippen LogP contribution in [-0.4, -0.2) is 25.8 Å². The minimum absolute atomic E-state index is 0.200. The number of carboxylic acid groups (broad SMARTS) is 1. The van der Waals surface area contributed by atoms with Crippen LogP contribution in [0.3, 0.4) is 0 Å². The van der Waals surface area contributed by atoms with Gasteiger partial charge in [-0.25, -0.2) is 14.1 Å². The number of halogens is 1. The highest BCUT2D eigenvalue weighted by Crippen LogP contribution is 2.14. The first kappa shape index (κ1) is 10.3. The highest BCUT2D eigenvalue weighted by Gasteiger charge is 2.08. The van der Waals surface area contributed by atoms with E-state index < -0.39 is 11.8 Å². The van der Waals surface area contributed by atoms with Gasteiger partial charge in [0.05, 0.1) is 6.42 Å². The molecule has 0 amide bonds. The number of hydrogen-bond donors (Lipinski definition) is 1. The van der Waals surface area contributed by atoms with Crippen LogP contribution in [0.2, 0.25) is 0 Å². The molecule has 0 bridgehead atoms. The SMILES string of the molecule is O=C(O)Cc1ccc(-n2cncn2)c(F)c1. The van der Waals surface area contributed by atoms with E-state index in [1.807, 2.05) is 0 Å². The normalized spacial score (nSPS) is 10.3. The summed E-state index contributed by atoms with van der Waals surface area (Å²) in [5, 5.41) is 12.3. The van der Waals surface area contributed by atoms with E-state index >= 15 is 0 Å². The fourth-order valence-electron chi connectivity index (χ4n) is 1.35. The summed E-state index contributed by atoms with van der Waals surface area (Å²) >= 11 is 0. The summed E-state index contributed by atoms with van der Waals surface area (Å²) < 4.78 is 14.9. The zero-order valence-electron chi connectivity index (χ0n) is 8.17. The molecule has 0 aliphatic carbocycles. The van der Waals surface area contributed by atoms with Crippen molar-refractivity contribution in [2.45, 2.75) is 6.42 Å². The van der Waals surface area contributed by atoms with Gasteiger partial charge in [0, 0.05) is 0 Å². The lowest BCUT2D eigenvalue weighted by Gasteiger charge is -2.04. The van der Waals surface area contributed by atoms with Crippen LogP contribution in [-0.2, 0) is 11.2 Å². The minimum atomic E-state index is -0.993. The molecule has 1 aromatic carbocycles. The van der Waals surface area contributed by atoms with Crippen LogP contribution >= 0.6 is 0 Å². The van der Waals surface area contributed by atoms with Crippen LogP contribution in [0.5, 0.6) is 0 Å². The van der Waals surface area contributed by atoms with Crippen molar-refractivity contribution in [1.29, 1.82) is 0 Å². The van der Waals surface area contributed by atoms with E-state index in [-0.39, 0.29) is 12.1 Å². The highest BCUT2D eigenvalue weighted by molar-refractivity contribution is 5.70. The lowest BCUT2D eigenvalue weighted by molar-refractivity contribution is -0.136. The van der Waals surface area contributed by atoms with E-state index in [0.29, 0.717) is 5.56 Å². The molecule has 2 aromatic rings. The molecule has 0 unspecified atom stereocenters. The molecule has 82 valence electrons. The predicted octanol–water partition coefficient (Wildman–Crippen LogP) is 1.03. The van der Waals surface area contributed by atoms with Gasteiger partial charge in [-0.3, -0.25) is 4.79 Å². The largest absolute Gasteiger partial charge is 0.481 e. The van der Waals surface area contributed by atoms with Crippen LogP contribution in [0, 0.1) is 5.82 Å². The zero-order chi connectivity index (χ0) is 11.5. The number of carboxylic acids is 1. The van der Waals surface area contributed by atoms with Crippen LogP contribution < -0.4 is 0 Å². The van der Waals surface area contributed by atoms with Crippen LogP contribution in [0.1, 0.15) is 5.56 Å². The van der Waals surface area contributed by atoms with E-state index in [1.54, 1.807) is 6.07 Å². The van der Waals surface area contributed by atoms with Gasteiger partial charge in [-0.05, 0) is 17.7 Å². The van der Waals surface area contributed by atoms with Crippen molar-refractivity contribution in [1.82, 2.24) is 14.8 Å². The molecule has 0 aliphatic heterocycles. The van der Waals surface area contributed by atoms with E-state index in [0.717, 1.165) is 0 Å². The second-order valence-electron chi connectivity index (χ2n) is 3.20. The highest BCUT2D eigenvalue weighted by atomic mass is 19.1. The number of hydrogen-bond acceptors (Lipinski definition) is 3. The van der Waals surface area contributed by atoms with E-state index in [1.165, 1.54) is 29.5 Å². The minimum Gasteiger partial charge on any atom is -0.481 e. The average Bonchev–Trinajstić information content (AvgIpc) is 2.69. The van der Waals surface area contributed by atoms with Gasteiger partial charge < -0.3 is 5.11 Å². The molecule has 1 aromatic heterocycles. The molecule has 16 heavy (non-hydrogen) atoms. The number of carbonyl (C=O) groups is 1. The van der Waals surface area contributed by atoms with Crippen LogP contribution in [0.4, 0.5) is 4.39 Å². The molecule has 1 heterocycles. The molecule has 0 fully saturated rings. The van der Waals surface area contributed by atoms with Crippen molar-refractivity contribution < 1.29 is 14.3 Å². The third-order valence-corrected chi connectivity index (χ3v) is 2.03. The summed E-state index contributed by atoms with van der Waals surface area (Å²) in [7, 11) is 0. The van der Waals surface area contributed by atoms with Gasteiger partial charge in [0.25, 0.3) is 0 Å². The van der Waals surface area contributed by atoms with Gasteiger partial charge in [0.15, 0.2) is 0 Å². The Labute approximate surface area is 90.2 Å². The molecular formula is C10H8FN3O2. The Morgan fingerprint density at radius 2 is 2.31 bits per heavy atom. The smallest absolute Gasteiger partial charge is 0.307 e. The van der Waals surface area contributed by atoms with Crippen LogP contribution in [0.15, 0.2) is 30.9 Å².